The van der Waals surface area contributed by atoms with Gasteiger partial charge in [0.1, 0.15) is 11.6 Å². The SMILES string of the molecule is Cc1cccc(Nc2ncc(N)cc2Cl)c1F. The number of hydrogen-bond acceptors (Lipinski definition) is 3. The average Bonchev–Trinajstić information content (AvgIpc) is 2.28. The minimum Gasteiger partial charge on any atom is -0.397 e. The highest BCUT2D eigenvalue weighted by Gasteiger charge is 2.08. The van der Waals surface area contributed by atoms with Crippen LogP contribution < -0.4 is 11.1 Å². The van der Waals surface area contributed by atoms with Gasteiger partial charge in [-0.3, -0.25) is 0 Å². The van der Waals surface area contributed by atoms with Crippen molar-refractivity contribution in [1.29, 1.82) is 0 Å². The first-order valence-electron chi connectivity index (χ1n) is 5.01. The number of nitrogens with one attached hydrogen (secondary N) is 1. The lowest BCUT2D eigenvalue weighted by Gasteiger charge is -2.09. The monoisotopic (exact) mass is 251 g/mol. The molecule has 0 atom stereocenters. The summed E-state index contributed by atoms with van der Waals surface area (Å²) in [6.45, 7) is 1.69. The number of nitrogen functional groups attached to an aromatic ring is 1. The third kappa shape index (κ3) is 2.47. The third-order valence-electron chi connectivity index (χ3n) is 2.31. The molecule has 0 bridgehead atoms. The van der Waals surface area contributed by atoms with Gasteiger partial charge in [-0.1, -0.05) is 23.7 Å². The first-order chi connectivity index (χ1) is 8.08. The topological polar surface area (TPSA) is 50.9 Å². The van der Waals surface area contributed by atoms with Gasteiger partial charge in [-0.25, -0.2) is 9.37 Å². The van der Waals surface area contributed by atoms with Crippen LogP contribution in [-0.2, 0) is 0 Å². The van der Waals surface area contributed by atoms with E-state index in [1.165, 1.54) is 6.20 Å². The molecular formula is C12H11ClFN3. The van der Waals surface area contributed by atoms with Crippen LogP contribution in [0.1, 0.15) is 5.56 Å². The van der Waals surface area contributed by atoms with E-state index in [-0.39, 0.29) is 5.82 Å². The Hall–Kier alpha value is -1.81. The molecule has 0 aliphatic carbocycles. The maximum absolute atomic E-state index is 13.7. The van der Waals surface area contributed by atoms with E-state index in [9.17, 15) is 4.39 Å². The molecule has 0 unspecified atom stereocenters. The van der Waals surface area contributed by atoms with Crippen molar-refractivity contribution in [2.24, 2.45) is 0 Å². The second-order valence-electron chi connectivity index (χ2n) is 3.66. The third-order valence-corrected chi connectivity index (χ3v) is 2.60. The van der Waals surface area contributed by atoms with Crippen LogP contribution in [0.4, 0.5) is 21.6 Å². The molecule has 3 N–H and O–H groups in total. The summed E-state index contributed by atoms with van der Waals surface area (Å²) in [7, 11) is 0. The second kappa shape index (κ2) is 4.59. The molecule has 1 heterocycles. The fourth-order valence-electron chi connectivity index (χ4n) is 1.42. The van der Waals surface area contributed by atoms with Crippen molar-refractivity contribution in [3.8, 4) is 0 Å². The number of aromatic nitrogens is 1. The number of aryl methyl sites for hydroxylation is 1. The van der Waals surface area contributed by atoms with E-state index < -0.39 is 0 Å². The molecule has 0 spiro atoms. The Morgan fingerprint density at radius 2 is 2.18 bits per heavy atom. The summed E-state index contributed by atoms with van der Waals surface area (Å²) in [6.07, 6.45) is 1.46. The van der Waals surface area contributed by atoms with Crippen LogP contribution in [0.25, 0.3) is 0 Å². The minimum absolute atomic E-state index is 0.317. The van der Waals surface area contributed by atoms with Gasteiger partial charge in [0.15, 0.2) is 0 Å². The van der Waals surface area contributed by atoms with Gasteiger partial charge < -0.3 is 11.1 Å². The van der Waals surface area contributed by atoms with Crippen LogP contribution in [0.15, 0.2) is 30.5 Å². The highest BCUT2D eigenvalue weighted by molar-refractivity contribution is 6.33. The lowest BCUT2D eigenvalue weighted by molar-refractivity contribution is 0.622. The van der Waals surface area contributed by atoms with Gasteiger partial charge in [-0.2, -0.15) is 0 Å². The van der Waals surface area contributed by atoms with Gasteiger partial charge in [-0.05, 0) is 24.6 Å². The highest BCUT2D eigenvalue weighted by Crippen LogP contribution is 2.26. The van der Waals surface area contributed by atoms with Crippen molar-refractivity contribution < 1.29 is 4.39 Å². The molecule has 1 aromatic heterocycles. The predicted molar refractivity (Wildman–Crippen MR) is 68.1 cm³/mol. The van der Waals surface area contributed by atoms with Gasteiger partial charge in [0.2, 0.25) is 0 Å². The zero-order valence-electron chi connectivity index (χ0n) is 9.17. The van der Waals surface area contributed by atoms with Crippen LogP contribution in [0.2, 0.25) is 5.02 Å². The van der Waals surface area contributed by atoms with E-state index in [2.05, 4.69) is 10.3 Å². The zero-order valence-corrected chi connectivity index (χ0v) is 9.92. The fourth-order valence-corrected chi connectivity index (χ4v) is 1.64. The van der Waals surface area contributed by atoms with E-state index >= 15 is 0 Å². The van der Waals surface area contributed by atoms with E-state index in [4.69, 9.17) is 17.3 Å². The number of nitrogens with zero attached hydrogens (tertiary/aromatic N) is 1. The minimum atomic E-state index is -0.317. The molecule has 3 nitrogen and oxygen atoms in total. The molecular weight excluding hydrogens is 241 g/mol. The molecule has 17 heavy (non-hydrogen) atoms. The van der Waals surface area contributed by atoms with Crippen molar-refractivity contribution in [3.05, 3.63) is 46.9 Å². The summed E-state index contributed by atoms with van der Waals surface area (Å²) in [6, 6.07) is 6.63. The average molecular weight is 252 g/mol. The number of pyridine rings is 1. The van der Waals surface area contributed by atoms with Gasteiger partial charge in [0, 0.05) is 0 Å². The number of halogens is 2. The summed E-state index contributed by atoms with van der Waals surface area (Å²) in [5, 5.41) is 3.19. The lowest BCUT2D eigenvalue weighted by Crippen LogP contribution is -1.99. The number of hydrogen-bond donors (Lipinski definition) is 2. The molecule has 0 aliphatic heterocycles. The van der Waals surface area contributed by atoms with Crippen LogP contribution in [0.3, 0.4) is 0 Å². The maximum Gasteiger partial charge on any atom is 0.149 e. The molecule has 5 heteroatoms. The smallest absolute Gasteiger partial charge is 0.149 e. The maximum atomic E-state index is 13.7. The summed E-state index contributed by atoms with van der Waals surface area (Å²) < 4.78 is 13.7. The number of nitrogens with two attached hydrogens (primary N) is 1. The van der Waals surface area contributed by atoms with Crippen molar-refractivity contribution in [1.82, 2.24) is 4.98 Å². The first-order valence-corrected chi connectivity index (χ1v) is 5.39. The van der Waals surface area contributed by atoms with Crippen molar-refractivity contribution in [3.63, 3.8) is 0 Å². The van der Waals surface area contributed by atoms with Gasteiger partial charge in [0.05, 0.1) is 22.6 Å². The number of benzene rings is 1. The molecule has 0 fully saturated rings. The van der Waals surface area contributed by atoms with Gasteiger partial charge in [-0.15, -0.1) is 0 Å². The first kappa shape index (κ1) is 11.7. The molecule has 0 amide bonds. The molecule has 0 saturated heterocycles. The van der Waals surface area contributed by atoms with Crippen molar-refractivity contribution in [2.75, 3.05) is 11.1 Å². The van der Waals surface area contributed by atoms with Crippen LogP contribution in [0, 0.1) is 12.7 Å². The Bertz CT molecular complexity index is 557. The Labute approximate surface area is 103 Å². The summed E-state index contributed by atoms with van der Waals surface area (Å²) in [5.74, 6) is 0.0626. The molecule has 0 radical (unpaired) electrons. The number of anilines is 3. The Morgan fingerprint density at radius 3 is 2.88 bits per heavy atom. The zero-order chi connectivity index (χ0) is 12.4. The standard InChI is InChI=1S/C12H11ClFN3/c1-7-3-2-4-10(11(7)14)17-12-9(13)5-8(15)6-16-12/h2-6H,15H2,1H3,(H,16,17). The van der Waals surface area contributed by atoms with Gasteiger partial charge in [0.25, 0.3) is 0 Å². The van der Waals surface area contributed by atoms with Gasteiger partial charge >= 0.3 is 0 Å². The van der Waals surface area contributed by atoms with Crippen LogP contribution in [0.5, 0.6) is 0 Å². The largest absolute Gasteiger partial charge is 0.397 e. The Balaban J connectivity index is 2.35. The molecule has 1 aromatic carbocycles. The van der Waals surface area contributed by atoms with Crippen LogP contribution in [-0.4, -0.2) is 4.98 Å². The molecule has 2 rings (SSSR count). The predicted octanol–water partition coefficient (Wildman–Crippen LogP) is 3.51. The van der Waals surface area contributed by atoms with E-state index in [1.807, 2.05) is 0 Å². The molecule has 88 valence electrons. The summed E-state index contributed by atoms with van der Waals surface area (Å²) >= 11 is 5.94. The normalized spacial score (nSPS) is 10.3. The van der Waals surface area contributed by atoms with Crippen molar-refractivity contribution >= 4 is 28.8 Å². The summed E-state index contributed by atoms with van der Waals surface area (Å²) in [4.78, 5) is 4.01. The fraction of sp³-hybridized carbons (Fsp3) is 0.0833. The second-order valence-corrected chi connectivity index (χ2v) is 4.07. The summed E-state index contributed by atoms with van der Waals surface area (Å²) in [5.41, 5.74) is 6.88. The lowest BCUT2D eigenvalue weighted by atomic mass is 10.2. The molecule has 0 saturated carbocycles. The highest BCUT2D eigenvalue weighted by atomic mass is 35.5. The van der Waals surface area contributed by atoms with Crippen LogP contribution >= 0.6 is 11.6 Å². The van der Waals surface area contributed by atoms with E-state index in [0.717, 1.165) is 0 Å². The molecule has 0 aliphatic rings. The Kier molecular flexibility index (Phi) is 3.15. The van der Waals surface area contributed by atoms with Crippen molar-refractivity contribution in [2.45, 2.75) is 6.92 Å². The quantitative estimate of drug-likeness (QED) is 0.859. The van der Waals surface area contributed by atoms with E-state index in [0.29, 0.717) is 27.8 Å². The molecule has 2 aromatic rings. The Morgan fingerprint density at radius 1 is 1.41 bits per heavy atom. The number of rotatable bonds is 2. The van der Waals surface area contributed by atoms with E-state index in [1.54, 1.807) is 31.2 Å².